The average Bonchev–Trinajstić information content (AvgIpc) is 3.26. The molecule has 0 radical (unpaired) electrons. The van der Waals surface area contributed by atoms with E-state index in [4.69, 9.17) is 0 Å². The summed E-state index contributed by atoms with van der Waals surface area (Å²) in [4.78, 5) is 14.8. The minimum absolute atomic E-state index is 0.0888. The zero-order chi connectivity index (χ0) is 18.0. The van der Waals surface area contributed by atoms with Gasteiger partial charge in [0.15, 0.2) is 0 Å². The van der Waals surface area contributed by atoms with Gasteiger partial charge in [0.05, 0.1) is 24.5 Å². The van der Waals surface area contributed by atoms with Gasteiger partial charge >= 0.3 is 0 Å². The van der Waals surface area contributed by atoms with Gasteiger partial charge in [-0.15, -0.1) is 0 Å². The molecule has 1 atom stereocenters. The van der Waals surface area contributed by atoms with E-state index >= 15 is 0 Å². The van der Waals surface area contributed by atoms with Crippen LogP contribution in [0.1, 0.15) is 67.4 Å². The van der Waals surface area contributed by atoms with Gasteiger partial charge in [-0.1, -0.05) is 13.8 Å². The van der Waals surface area contributed by atoms with Crippen LogP contribution in [-0.2, 0) is 5.60 Å². The standard InChI is InChI=1S/C17H26N6O2/c1-4-13(5-2)23-14(9-12(3)20-23)16(24)22-8-6-7-17(25,11-22)15-10-18-21-19-15/h9-10,13,25H,4-8,11H2,1-3H3,(H,18,19,21)/t17-/m0/s1. The molecule has 3 heterocycles. The molecule has 8 heteroatoms. The largest absolute Gasteiger partial charge is 0.382 e. The molecule has 0 aliphatic carbocycles. The molecule has 0 saturated carbocycles. The number of likely N-dealkylation sites (tertiary alicyclic amines) is 1. The van der Waals surface area contributed by atoms with Crippen LogP contribution in [0.5, 0.6) is 0 Å². The maximum atomic E-state index is 13.1. The molecule has 2 aromatic rings. The lowest BCUT2D eigenvalue weighted by atomic mass is 9.90. The second kappa shape index (κ2) is 6.95. The molecule has 2 N–H and O–H groups in total. The van der Waals surface area contributed by atoms with Gasteiger partial charge < -0.3 is 10.0 Å². The van der Waals surface area contributed by atoms with Gasteiger partial charge in [-0.25, -0.2) is 0 Å². The number of H-pyrrole nitrogens is 1. The Balaban J connectivity index is 1.86. The van der Waals surface area contributed by atoms with E-state index < -0.39 is 5.60 Å². The van der Waals surface area contributed by atoms with Gasteiger partial charge in [0, 0.05) is 6.54 Å². The van der Waals surface area contributed by atoms with Crippen molar-refractivity contribution in [3.8, 4) is 0 Å². The smallest absolute Gasteiger partial charge is 0.272 e. The summed E-state index contributed by atoms with van der Waals surface area (Å²) in [5.41, 5.74) is 0.750. The van der Waals surface area contributed by atoms with Crippen molar-refractivity contribution in [3.63, 3.8) is 0 Å². The van der Waals surface area contributed by atoms with E-state index in [9.17, 15) is 9.90 Å². The number of aromatic nitrogens is 5. The number of hydrogen-bond donors (Lipinski definition) is 2. The molecule has 2 aromatic heterocycles. The number of carbonyl (C=O) groups excluding carboxylic acids is 1. The molecule has 0 bridgehead atoms. The Morgan fingerprint density at radius 1 is 1.44 bits per heavy atom. The third-order valence-electron chi connectivity index (χ3n) is 5.02. The van der Waals surface area contributed by atoms with Crippen LogP contribution in [0.4, 0.5) is 0 Å². The van der Waals surface area contributed by atoms with E-state index in [2.05, 4.69) is 34.4 Å². The van der Waals surface area contributed by atoms with Crippen molar-refractivity contribution in [1.29, 1.82) is 0 Å². The molecule has 136 valence electrons. The Labute approximate surface area is 147 Å². The summed E-state index contributed by atoms with van der Waals surface area (Å²) in [6.45, 7) is 6.93. The lowest BCUT2D eigenvalue weighted by molar-refractivity contribution is -0.0324. The van der Waals surface area contributed by atoms with E-state index in [1.54, 1.807) is 4.90 Å². The topological polar surface area (TPSA) is 99.9 Å². The minimum Gasteiger partial charge on any atom is -0.382 e. The zero-order valence-corrected chi connectivity index (χ0v) is 15.1. The van der Waals surface area contributed by atoms with Crippen LogP contribution < -0.4 is 0 Å². The highest BCUT2D eigenvalue weighted by Crippen LogP contribution is 2.31. The van der Waals surface area contributed by atoms with Crippen molar-refractivity contribution < 1.29 is 9.90 Å². The van der Waals surface area contributed by atoms with Crippen molar-refractivity contribution in [3.05, 3.63) is 29.3 Å². The molecule has 1 saturated heterocycles. The molecule has 1 aliphatic heterocycles. The molecule has 1 fully saturated rings. The van der Waals surface area contributed by atoms with Gasteiger partial charge in [-0.3, -0.25) is 9.48 Å². The van der Waals surface area contributed by atoms with Crippen LogP contribution in [0.2, 0.25) is 0 Å². The Hall–Kier alpha value is -2.22. The second-order valence-corrected chi connectivity index (χ2v) is 6.80. The molecule has 8 nitrogen and oxygen atoms in total. The van der Waals surface area contributed by atoms with Crippen LogP contribution >= 0.6 is 0 Å². The summed E-state index contributed by atoms with van der Waals surface area (Å²) >= 11 is 0. The quantitative estimate of drug-likeness (QED) is 0.860. The second-order valence-electron chi connectivity index (χ2n) is 6.80. The van der Waals surface area contributed by atoms with Crippen LogP contribution in [-0.4, -0.2) is 54.2 Å². The summed E-state index contributed by atoms with van der Waals surface area (Å²) in [6, 6.07) is 2.04. The Morgan fingerprint density at radius 2 is 2.20 bits per heavy atom. The van der Waals surface area contributed by atoms with E-state index in [-0.39, 0.29) is 18.5 Å². The first kappa shape index (κ1) is 17.6. The fourth-order valence-corrected chi connectivity index (χ4v) is 3.60. The fourth-order valence-electron chi connectivity index (χ4n) is 3.60. The van der Waals surface area contributed by atoms with Gasteiger partial charge in [0.25, 0.3) is 5.91 Å². The average molecular weight is 346 g/mol. The maximum Gasteiger partial charge on any atom is 0.272 e. The predicted octanol–water partition coefficient (Wildman–Crippen LogP) is 1.79. The van der Waals surface area contributed by atoms with Gasteiger partial charge in [0.1, 0.15) is 17.0 Å². The number of aryl methyl sites for hydroxylation is 1. The Kier molecular flexibility index (Phi) is 4.89. The van der Waals surface area contributed by atoms with E-state index in [1.807, 2.05) is 17.7 Å². The zero-order valence-electron chi connectivity index (χ0n) is 15.1. The van der Waals surface area contributed by atoms with Crippen LogP contribution in [0.25, 0.3) is 0 Å². The summed E-state index contributed by atoms with van der Waals surface area (Å²) in [5.74, 6) is -0.0888. The number of β-amino-alcohol motifs (C(OH)–C–C–N with tert-alkyl or cyclic N) is 1. The molecular formula is C17H26N6O2. The predicted molar refractivity (Wildman–Crippen MR) is 92.0 cm³/mol. The molecule has 25 heavy (non-hydrogen) atoms. The number of hydrogen-bond acceptors (Lipinski definition) is 5. The highest BCUT2D eigenvalue weighted by Gasteiger charge is 2.39. The van der Waals surface area contributed by atoms with Crippen LogP contribution in [0.15, 0.2) is 12.3 Å². The lowest BCUT2D eigenvalue weighted by Crippen LogP contribution is -2.49. The first-order valence-corrected chi connectivity index (χ1v) is 8.92. The van der Waals surface area contributed by atoms with Gasteiger partial charge in [-0.05, 0) is 38.7 Å². The van der Waals surface area contributed by atoms with E-state index in [0.717, 1.165) is 18.5 Å². The van der Waals surface area contributed by atoms with Crippen LogP contribution in [0, 0.1) is 6.92 Å². The first-order chi connectivity index (χ1) is 12.0. The van der Waals surface area contributed by atoms with Crippen molar-refractivity contribution in [1.82, 2.24) is 30.1 Å². The van der Waals surface area contributed by atoms with Crippen molar-refractivity contribution in [2.45, 2.75) is 58.1 Å². The highest BCUT2D eigenvalue weighted by molar-refractivity contribution is 5.93. The van der Waals surface area contributed by atoms with Gasteiger partial charge in [0.2, 0.25) is 0 Å². The van der Waals surface area contributed by atoms with Gasteiger partial charge in [-0.2, -0.15) is 20.5 Å². The maximum absolute atomic E-state index is 13.1. The highest BCUT2D eigenvalue weighted by atomic mass is 16.3. The third-order valence-corrected chi connectivity index (χ3v) is 5.02. The number of rotatable bonds is 5. The molecule has 0 aromatic carbocycles. The molecule has 1 amide bonds. The third kappa shape index (κ3) is 3.30. The fraction of sp³-hybridized carbons (Fsp3) is 0.647. The lowest BCUT2D eigenvalue weighted by Gasteiger charge is -2.38. The summed E-state index contributed by atoms with van der Waals surface area (Å²) in [7, 11) is 0. The Morgan fingerprint density at radius 3 is 2.84 bits per heavy atom. The summed E-state index contributed by atoms with van der Waals surface area (Å²) in [5, 5.41) is 25.8. The molecule has 0 unspecified atom stereocenters. The summed E-state index contributed by atoms with van der Waals surface area (Å²) < 4.78 is 1.85. The number of nitrogens with zero attached hydrogens (tertiary/aromatic N) is 5. The molecule has 1 aliphatic rings. The van der Waals surface area contributed by atoms with Crippen molar-refractivity contribution in [2.75, 3.05) is 13.1 Å². The number of amides is 1. The number of nitrogens with one attached hydrogen (secondary N) is 1. The normalized spacial score (nSPS) is 21.1. The number of carbonyl (C=O) groups is 1. The Bertz CT molecular complexity index is 722. The monoisotopic (exact) mass is 346 g/mol. The number of aromatic amines is 1. The SMILES string of the molecule is CCC(CC)n1nc(C)cc1C(=O)N1CCC[C@@](O)(c2cn[nH]n2)C1. The summed E-state index contributed by atoms with van der Waals surface area (Å²) in [6.07, 6.45) is 4.63. The molecular weight excluding hydrogens is 320 g/mol. The van der Waals surface area contributed by atoms with Crippen LogP contribution in [0.3, 0.4) is 0 Å². The van der Waals surface area contributed by atoms with Crippen molar-refractivity contribution >= 4 is 5.91 Å². The first-order valence-electron chi connectivity index (χ1n) is 8.92. The molecule has 0 spiro atoms. The van der Waals surface area contributed by atoms with Crippen molar-refractivity contribution in [2.24, 2.45) is 0 Å². The minimum atomic E-state index is -1.16. The van der Waals surface area contributed by atoms with E-state index in [0.29, 0.717) is 30.8 Å². The van der Waals surface area contributed by atoms with E-state index in [1.165, 1.54) is 6.20 Å². The number of piperidine rings is 1. The molecule has 3 rings (SSSR count). The number of aliphatic hydroxyl groups is 1.